The van der Waals surface area contributed by atoms with Gasteiger partial charge in [-0.1, -0.05) is 11.2 Å². The van der Waals surface area contributed by atoms with E-state index in [0.717, 1.165) is 20.5 Å². The van der Waals surface area contributed by atoms with Crippen molar-refractivity contribution in [1.82, 2.24) is 14.5 Å². The number of carbonyl (C=O) groups excluding carboxylic acids is 1. The first-order chi connectivity index (χ1) is 18.1. The molecular formula is C25H21F5N4O3S. The van der Waals surface area contributed by atoms with Gasteiger partial charge in [0.2, 0.25) is 5.91 Å². The van der Waals surface area contributed by atoms with Gasteiger partial charge in [0.25, 0.3) is 5.56 Å². The van der Waals surface area contributed by atoms with Crippen molar-refractivity contribution in [2.24, 2.45) is 5.16 Å². The number of nitrogens with zero attached hydrogens (tertiary/aromatic N) is 4. The maximum absolute atomic E-state index is 14.1. The summed E-state index contributed by atoms with van der Waals surface area (Å²) in [4.78, 5) is 36.8. The van der Waals surface area contributed by atoms with Crippen LogP contribution in [0.3, 0.4) is 0 Å². The van der Waals surface area contributed by atoms with E-state index in [0.29, 0.717) is 37.7 Å². The van der Waals surface area contributed by atoms with Crippen molar-refractivity contribution in [3.05, 3.63) is 85.7 Å². The lowest BCUT2D eigenvalue weighted by Crippen LogP contribution is -2.41. The van der Waals surface area contributed by atoms with Gasteiger partial charge in [0.05, 0.1) is 15.4 Å². The summed E-state index contributed by atoms with van der Waals surface area (Å²) < 4.78 is 68.0. The molecule has 2 aromatic heterocycles. The predicted molar refractivity (Wildman–Crippen MR) is 128 cm³/mol. The minimum Gasteiger partial charge on any atom is -0.387 e. The summed E-state index contributed by atoms with van der Waals surface area (Å²) in [7, 11) is 0. The van der Waals surface area contributed by atoms with E-state index in [1.807, 2.05) is 0 Å². The van der Waals surface area contributed by atoms with Gasteiger partial charge in [-0.25, -0.2) is 13.8 Å². The SMILES string of the molecule is O=C(Cn1cccc(C(F)(F)F)c1=O)N1CCC(c2ncc(C3=NO[C@H](c4c(F)cccc4F)C3)s2)CC1. The minimum atomic E-state index is -4.79. The van der Waals surface area contributed by atoms with Crippen LogP contribution in [-0.4, -0.2) is 39.2 Å². The van der Waals surface area contributed by atoms with Gasteiger partial charge in [-0.3, -0.25) is 9.59 Å². The maximum atomic E-state index is 14.1. The summed E-state index contributed by atoms with van der Waals surface area (Å²) in [6.45, 7) is 0.258. The zero-order valence-electron chi connectivity index (χ0n) is 19.8. The molecule has 38 heavy (non-hydrogen) atoms. The molecule has 1 fully saturated rings. The molecule has 2 aliphatic rings. The number of hydrogen-bond donors (Lipinski definition) is 0. The van der Waals surface area contributed by atoms with Crippen LogP contribution in [0, 0.1) is 11.6 Å². The smallest absolute Gasteiger partial charge is 0.387 e. The molecule has 2 aliphatic heterocycles. The van der Waals surface area contributed by atoms with E-state index in [-0.39, 0.29) is 17.9 Å². The Morgan fingerprint density at radius 1 is 1.11 bits per heavy atom. The lowest BCUT2D eigenvalue weighted by atomic mass is 9.97. The number of benzene rings is 1. The van der Waals surface area contributed by atoms with Crippen molar-refractivity contribution in [1.29, 1.82) is 0 Å². The Morgan fingerprint density at radius 2 is 1.82 bits per heavy atom. The summed E-state index contributed by atoms with van der Waals surface area (Å²) in [6, 6.07) is 5.40. The van der Waals surface area contributed by atoms with Crippen molar-refractivity contribution in [2.75, 3.05) is 13.1 Å². The van der Waals surface area contributed by atoms with Crippen molar-refractivity contribution in [3.8, 4) is 0 Å². The highest BCUT2D eigenvalue weighted by Crippen LogP contribution is 2.36. The number of amides is 1. The summed E-state index contributed by atoms with van der Waals surface area (Å²) in [5.74, 6) is -1.78. The summed E-state index contributed by atoms with van der Waals surface area (Å²) in [5, 5.41) is 4.83. The summed E-state index contributed by atoms with van der Waals surface area (Å²) in [6.07, 6.45) is -1.49. The lowest BCUT2D eigenvalue weighted by molar-refractivity contribution is -0.139. The standard InChI is InChI=1S/C25H21F5N4O3S/c26-16-4-1-5-17(27)22(16)19-11-18(32-37-19)20-12-31-23(38-20)14-6-9-33(10-7-14)21(35)13-34-8-2-3-15(24(34)36)25(28,29)30/h1-5,8,12,14,19H,6-7,9-11,13H2/t19-/m0/s1. The molecule has 200 valence electrons. The molecule has 0 bridgehead atoms. The number of thiazole rings is 1. The molecule has 13 heteroatoms. The highest BCUT2D eigenvalue weighted by Gasteiger charge is 2.35. The molecule has 4 heterocycles. The van der Waals surface area contributed by atoms with Crippen molar-refractivity contribution < 1.29 is 31.6 Å². The third kappa shape index (κ3) is 5.19. The molecule has 0 aliphatic carbocycles. The van der Waals surface area contributed by atoms with Crippen LogP contribution in [0.25, 0.3) is 0 Å². The molecule has 1 aromatic carbocycles. The molecule has 0 radical (unpaired) electrons. The molecule has 5 rings (SSSR count). The van der Waals surface area contributed by atoms with E-state index < -0.39 is 47.5 Å². The second-order valence-corrected chi connectivity index (χ2v) is 10.1. The Balaban J connectivity index is 1.18. The number of pyridine rings is 1. The van der Waals surface area contributed by atoms with Crippen LogP contribution in [-0.2, 0) is 22.4 Å². The van der Waals surface area contributed by atoms with Crippen molar-refractivity contribution in [2.45, 2.75) is 44.0 Å². The molecule has 1 saturated heterocycles. The average Bonchev–Trinajstić information content (AvgIpc) is 3.55. The average molecular weight is 553 g/mol. The van der Waals surface area contributed by atoms with Crippen LogP contribution in [0.1, 0.15) is 52.3 Å². The largest absolute Gasteiger partial charge is 0.421 e. The number of carbonyl (C=O) groups is 1. The van der Waals surface area contributed by atoms with Gasteiger partial charge in [0.1, 0.15) is 29.5 Å². The molecule has 1 amide bonds. The van der Waals surface area contributed by atoms with Crippen molar-refractivity contribution in [3.63, 3.8) is 0 Å². The Morgan fingerprint density at radius 3 is 2.50 bits per heavy atom. The summed E-state index contributed by atoms with van der Waals surface area (Å²) in [5.41, 5.74) is -2.19. The second kappa shape index (κ2) is 10.3. The lowest BCUT2D eigenvalue weighted by Gasteiger charge is -2.31. The van der Waals surface area contributed by atoms with Gasteiger partial charge in [0, 0.05) is 37.8 Å². The molecule has 3 aromatic rings. The number of rotatable bonds is 5. The molecule has 1 atom stereocenters. The van der Waals surface area contributed by atoms with Crippen LogP contribution in [0.4, 0.5) is 22.0 Å². The van der Waals surface area contributed by atoms with Crippen LogP contribution in [0.2, 0.25) is 0 Å². The fraction of sp³-hybridized carbons (Fsp3) is 0.360. The number of alkyl halides is 3. The van der Waals surface area contributed by atoms with Gasteiger partial charge in [-0.05, 0) is 37.1 Å². The third-order valence-corrected chi connectivity index (χ3v) is 7.84. The molecule has 7 nitrogen and oxygen atoms in total. The number of oxime groups is 1. The number of halogens is 5. The zero-order chi connectivity index (χ0) is 27.0. The molecular weight excluding hydrogens is 531 g/mol. The van der Waals surface area contributed by atoms with E-state index >= 15 is 0 Å². The predicted octanol–water partition coefficient (Wildman–Crippen LogP) is 4.87. The van der Waals surface area contributed by atoms with Gasteiger partial charge in [-0.2, -0.15) is 13.2 Å². The van der Waals surface area contributed by atoms with E-state index in [1.54, 1.807) is 6.20 Å². The van der Waals surface area contributed by atoms with Gasteiger partial charge < -0.3 is 14.3 Å². The normalized spacial score (nSPS) is 18.4. The molecule has 0 saturated carbocycles. The van der Waals surface area contributed by atoms with Gasteiger partial charge in [-0.15, -0.1) is 11.3 Å². The molecule has 0 spiro atoms. The van der Waals surface area contributed by atoms with Crippen LogP contribution < -0.4 is 5.56 Å². The Hall–Kier alpha value is -3.61. The summed E-state index contributed by atoms with van der Waals surface area (Å²) >= 11 is 1.40. The van der Waals surface area contributed by atoms with Crippen LogP contribution in [0.15, 0.2) is 52.7 Å². The number of hydrogen-bond acceptors (Lipinski definition) is 6. The first kappa shape index (κ1) is 26.0. The maximum Gasteiger partial charge on any atom is 0.421 e. The Labute approximate surface area is 217 Å². The first-order valence-electron chi connectivity index (χ1n) is 11.8. The van der Waals surface area contributed by atoms with Crippen LogP contribution in [0.5, 0.6) is 0 Å². The van der Waals surface area contributed by atoms with Gasteiger partial charge in [0.15, 0.2) is 6.10 Å². The fourth-order valence-electron chi connectivity index (χ4n) is 4.60. The monoisotopic (exact) mass is 552 g/mol. The minimum absolute atomic E-state index is 0.0526. The zero-order valence-corrected chi connectivity index (χ0v) is 20.6. The highest BCUT2D eigenvalue weighted by molar-refractivity contribution is 7.13. The van der Waals surface area contributed by atoms with Gasteiger partial charge >= 0.3 is 6.18 Å². The van der Waals surface area contributed by atoms with E-state index in [4.69, 9.17) is 4.84 Å². The van der Waals surface area contributed by atoms with Crippen molar-refractivity contribution >= 4 is 23.0 Å². The van der Waals surface area contributed by atoms with E-state index in [9.17, 15) is 31.5 Å². The fourth-order valence-corrected chi connectivity index (χ4v) is 5.68. The third-order valence-electron chi connectivity index (χ3n) is 6.63. The van der Waals surface area contributed by atoms with E-state index in [1.165, 1.54) is 40.6 Å². The first-order valence-corrected chi connectivity index (χ1v) is 12.6. The number of likely N-dealkylation sites (tertiary alicyclic amines) is 1. The number of aromatic nitrogens is 2. The quantitative estimate of drug-likeness (QED) is 0.423. The Kier molecular flexibility index (Phi) is 7.03. The topological polar surface area (TPSA) is 76.8 Å². The second-order valence-electron chi connectivity index (χ2n) is 9.04. The van der Waals surface area contributed by atoms with Crippen LogP contribution >= 0.6 is 11.3 Å². The number of piperidine rings is 1. The molecule has 0 N–H and O–H groups in total. The molecule has 0 unspecified atom stereocenters. The Bertz CT molecular complexity index is 1420. The highest BCUT2D eigenvalue weighted by atomic mass is 32.1. The van der Waals surface area contributed by atoms with E-state index in [2.05, 4.69) is 10.1 Å².